The molecule has 156 valence electrons. The molecule has 0 saturated carbocycles. The fourth-order valence-electron chi connectivity index (χ4n) is 3.20. The Morgan fingerprint density at radius 1 is 1.23 bits per heavy atom. The highest BCUT2D eigenvalue weighted by Gasteiger charge is 2.15. The maximum absolute atomic E-state index is 12.8. The summed E-state index contributed by atoms with van der Waals surface area (Å²) in [5.74, 6) is 0.451. The van der Waals surface area contributed by atoms with Crippen molar-refractivity contribution in [2.24, 2.45) is 0 Å². The molecule has 8 nitrogen and oxygen atoms in total. The standard InChI is InChI=1S/C22H24N4O4/c1-4-25-19(10-11-23-25)14-24(3)22(27)18-7-5-6-17(13-18)15-30-20-8-9-21(26(28)29)16(2)12-20/h5-13H,4,14-15H2,1-3H3. The highest BCUT2D eigenvalue weighted by molar-refractivity contribution is 5.94. The van der Waals surface area contributed by atoms with Crippen molar-refractivity contribution in [2.45, 2.75) is 33.5 Å². The lowest BCUT2D eigenvalue weighted by Crippen LogP contribution is -2.27. The van der Waals surface area contributed by atoms with Crippen LogP contribution in [0.3, 0.4) is 0 Å². The maximum Gasteiger partial charge on any atom is 0.272 e. The van der Waals surface area contributed by atoms with Crippen LogP contribution in [0.5, 0.6) is 5.75 Å². The highest BCUT2D eigenvalue weighted by Crippen LogP contribution is 2.24. The van der Waals surface area contributed by atoms with Crippen LogP contribution in [0.4, 0.5) is 5.69 Å². The normalized spacial score (nSPS) is 10.6. The van der Waals surface area contributed by atoms with Crippen molar-refractivity contribution in [3.05, 3.63) is 87.2 Å². The van der Waals surface area contributed by atoms with Gasteiger partial charge < -0.3 is 9.64 Å². The molecule has 0 bridgehead atoms. The van der Waals surface area contributed by atoms with Crippen molar-refractivity contribution in [1.82, 2.24) is 14.7 Å². The fraction of sp³-hybridized carbons (Fsp3) is 0.273. The molecular formula is C22H24N4O4. The first-order chi connectivity index (χ1) is 14.4. The summed E-state index contributed by atoms with van der Waals surface area (Å²) < 4.78 is 7.62. The van der Waals surface area contributed by atoms with E-state index in [0.717, 1.165) is 17.8 Å². The quantitative estimate of drug-likeness (QED) is 0.415. The van der Waals surface area contributed by atoms with Gasteiger partial charge in [-0.25, -0.2) is 0 Å². The number of carbonyl (C=O) groups is 1. The molecule has 0 aliphatic heterocycles. The van der Waals surface area contributed by atoms with Gasteiger partial charge in [-0.05, 0) is 49.7 Å². The van der Waals surface area contributed by atoms with Gasteiger partial charge in [0.15, 0.2) is 0 Å². The van der Waals surface area contributed by atoms with Gasteiger partial charge in [0, 0.05) is 37.0 Å². The van der Waals surface area contributed by atoms with E-state index in [1.54, 1.807) is 49.3 Å². The topological polar surface area (TPSA) is 90.5 Å². The number of amides is 1. The van der Waals surface area contributed by atoms with E-state index in [4.69, 9.17) is 4.74 Å². The first kappa shape index (κ1) is 21.0. The summed E-state index contributed by atoms with van der Waals surface area (Å²) in [6.45, 7) is 5.15. The molecule has 0 fully saturated rings. The van der Waals surface area contributed by atoms with E-state index in [1.165, 1.54) is 6.07 Å². The Hall–Kier alpha value is -3.68. The molecular weight excluding hydrogens is 384 g/mol. The van der Waals surface area contributed by atoms with E-state index in [-0.39, 0.29) is 18.2 Å². The summed E-state index contributed by atoms with van der Waals surface area (Å²) in [5, 5.41) is 15.2. The van der Waals surface area contributed by atoms with E-state index >= 15 is 0 Å². The smallest absolute Gasteiger partial charge is 0.272 e. The molecule has 3 aromatic rings. The summed E-state index contributed by atoms with van der Waals surface area (Å²) >= 11 is 0. The average molecular weight is 408 g/mol. The van der Waals surface area contributed by atoms with Crippen LogP contribution in [0.15, 0.2) is 54.7 Å². The van der Waals surface area contributed by atoms with Crippen molar-refractivity contribution >= 4 is 11.6 Å². The Kier molecular flexibility index (Phi) is 6.46. The van der Waals surface area contributed by atoms with E-state index in [0.29, 0.717) is 23.4 Å². The third-order valence-corrected chi connectivity index (χ3v) is 4.79. The van der Waals surface area contributed by atoms with Gasteiger partial charge in [-0.3, -0.25) is 19.6 Å². The number of hydrogen-bond acceptors (Lipinski definition) is 5. The van der Waals surface area contributed by atoms with Crippen molar-refractivity contribution in [3.8, 4) is 5.75 Å². The number of hydrogen-bond donors (Lipinski definition) is 0. The largest absolute Gasteiger partial charge is 0.489 e. The molecule has 0 spiro atoms. The number of aryl methyl sites for hydroxylation is 2. The predicted molar refractivity (Wildman–Crippen MR) is 112 cm³/mol. The minimum Gasteiger partial charge on any atom is -0.489 e. The maximum atomic E-state index is 12.8. The number of aromatic nitrogens is 2. The fourth-order valence-corrected chi connectivity index (χ4v) is 3.20. The zero-order chi connectivity index (χ0) is 21.7. The number of carbonyl (C=O) groups excluding carboxylic acids is 1. The van der Waals surface area contributed by atoms with Crippen LogP contribution in [0.1, 0.15) is 34.1 Å². The molecule has 3 rings (SSSR count). The Labute approximate surface area is 174 Å². The van der Waals surface area contributed by atoms with Crippen LogP contribution in [0.25, 0.3) is 0 Å². The van der Waals surface area contributed by atoms with Crippen LogP contribution >= 0.6 is 0 Å². The lowest BCUT2D eigenvalue weighted by molar-refractivity contribution is -0.385. The predicted octanol–water partition coefficient (Wildman–Crippen LogP) is 3.97. The van der Waals surface area contributed by atoms with Crippen molar-refractivity contribution in [2.75, 3.05) is 7.05 Å². The average Bonchev–Trinajstić information content (AvgIpc) is 3.18. The molecule has 0 radical (unpaired) electrons. The summed E-state index contributed by atoms with van der Waals surface area (Å²) in [6.07, 6.45) is 1.73. The molecule has 0 saturated heterocycles. The van der Waals surface area contributed by atoms with E-state index in [9.17, 15) is 14.9 Å². The SMILES string of the molecule is CCn1nccc1CN(C)C(=O)c1cccc(COc2ccc([N+](=O)[O-])c(C)c2)c1. The monoisotopic (exact) mass is 408 g/mol. The van der Waals surface area contributed by atoms with Crippen molar-refractivity contribution < 1.29 is 14.5 Å². The van der Waals surface area contributed by atoms with Crippen LogP contribution in [0, 0.1) is 17.0 Å². The van der Waals surface area contributed by atoms with Gasteiger partial charge in [-0.1, -0.05) is 12.1 Å². The Morgan fingerprint density at radius 2 is 2.03 bits per heavy atom. The molecule has 0 N–H and O–H groups in total. The number of nitrogens with zero attached hydrogens (tertiary/aromatic N) is 4. The van der Waals surface area contributed by atoms with Gasteiger partial charge in [-0.15, -0.1) is 0 Å². The number of ether oxygens (including phenoxy) is 1. The summed E-state index contributed by atoms with van der Waals surface area (Å²) in [6, 6.07) is 13.8. The summed E-state index contributed by atoms with van der Waals surface area (Å²) in [7, 11) is 1.76. The summed E-state index contributed by atoms with van der Waals surface area (Å²) in [5.41, 5.74) is 2.98. The van der Waals surface area contributed by atoms with Crippen LogP contribution in [0.2, 0.25) is 0 Å². The Morgan fingerprint density at radius 3 is 2.73 bits per heavy atom. The molecule has 1 amide bonds. The number of nitro benzene ring substituents is 1. The third kappa shape index (κ3) is 4.83. The van der Waals surface area contributed by atoms with Crippen molar-refractivity contribution in [1.29, 1.82) is 0 Å². The molecule has 2 aromatic carbocycles. The van der Waals surface area contributed by atoms with Gasteiger partial charge in [0.2, 0.25) is 0 Å². The summed E-state index contributed by atoms with van der Waals surface area (Å²) in [4.78, 5) is 25.0. The molecule has 30 heavy (non-hydrogen) atoms. The molecule has 0 aliphatic rings. The molecule has 8 heteroatoms. The second kappa shape index (κ2) is 9.21. The second-order valence-electron chi connectivity index (χ2n) is 6.99. The molecule has 0 aliphatic carbocycles. The van der Waals surface area contributed by atoms with Crippen molar-refractivity contribution in [3.63, 3.8) is 0 Å². The zero-order valence-corrected chi connectivity index (χ0v) is 17.2. The zero-order valence-electron chi connectivity index (χ0n) is 17.2. The number of rotatable bonds is 8. The van der Waals surface area contributed by atoms with Gasteiger partial charge in [0.1, 0.15) is 12.4 Å². The molecule has 0 unspecified atom stereocenters. The number of benzene rings is 2. The first-order valence-electron chi connectivity index (χ1n) is 9.62. The second-order valence-corrected chi connectivity index (χ2v) is 6.99. The minimum absolute atomic E-state index is 0.0578. The van der Waals surface area contributed by atoms with Crippen LogP contribution < -0.4 is 4.74 Å². The lowest BCUT2D eigenvalue weighted by atomic mass is 10.1. The minimum atomic E-state index is -0.418. The molecule has 0 atom stereocenters. The lowest BCUT2D eigenvalue weighted by Gasteiger charge is -2.18. The van der Waals surface area contributed by atoms with E-state index < -0.39 is 4.92 Å². The van der Waals surface area contributed by atoms with Gasteiger partial charge in [0.25, 0.3) is 11.6 Å². The van der Waals surface area contributed by atoms with E-state index in [1.807, 2.05) is 29.8 Å². The van der Waals surface area contributed by atoms with Crippen LogP contribution in [-0.4, -0.2) is 32.6 Å². The molecule has 1 aromatic heterocycles. The molecule has 1 heterocycles. The number of nitro groups is 1. The Balaban J connectivity index is 1.66. The third-order valence-electron chi connectivity index (χ3n) is 4.79. The van der Waals surface area contributed by atoms with Gasteiger partial charge in [0.05, 0.1) is 17.2 Å². The highest BCUT2D eigenvalue weighted by atomic mass is 16.6. The van der Waals surface area contributed by atoms with Gasteiger partial charge >= 0.3 is 0 Å². The van der Waals surface area contributed by atoms with Gasteiger partial charge in [-0.2, -0.15) is 5.10 Å². The first-order valence-corrected chi connectivity index (χ1v) is 9.62. The van der Waals surface area contributed by atoms with E-state index in [2.05, 4.69) is 5.10 Å². The van der Waals surface area contributed by atoms with Crippen LogP contribution in [-0.2, 0) is 19.7 Å². The Bertz CT molecular complexity index is 1060.